The predicted octanol–water partition coefficient (Wildman–Crippen LogP) is 0.477. The van der Waals surface area contributed by atoms with E-state index in [1.54, 1.807) is 11.8 Å². The quantitative estimate of drug-likeness (QED) is 0.608. The van der Waals surface area contributed by atoms with Gasteiger partial charge in [0.05, 0.1) is 5.92 Å². The summed E-state index contributed by atoms with van der Waals surface area (Å²) in [6.45, 7) is 2.31. The summed E-state index contributed by atoms with van der Waals surface area (Å²) in [6, 6.07) is 0. The van der Waals surface area contributed by atoms with Crippen LogP contribution in [0.4, 0.5) is 0 Å². The lowest BCUT2D eigenvalue weighted by atomic mass is 10.1. The molecule has 1 saturated carbocycles. The topological polar surface area (TPSA) is 69.6 Å². The van der Waals surface area contributed by atoms with E-state index in [0.29, 0.717) is 25.4 Å². The van der Waals surface area contributed by atoms with Crippen LogP contribution in [0.5, 0.6) is 0 Å². The number of nitrogens with one attached hydrogen (secondary N) is 1. The maximum atomic E-state index is 12.0. The fraction of sp³-hybridized carbons (Fsp3) is 0.857. The van der Waals surface area contributed by atoms with Crippen LogP contribution >= 0.6 is 11.8 Å². The highest BCUT2D eigenvalue weighted by atomic mass is 32.2. The number of hydrogen-bond acceptors (Lipinski definition) is 4. The van der Waals surface area contributed by atoms with E-state index in [0.717, 1.165) is 24.5 Å². The minimum Gasteiger partial charge on any atom is -0.396 e. The lowest BCUT2D eigenvalue weighted by Crippen LogP contribution is -2.34. The highest BCUT2D eigenvalue weighted by Gasteiger charge is 2.36. The summed E-state index contributed by atoms with van der Waals surface area (Å²) in [4.78, 5) is 25.7. The van der Waals surface area contributed by atoms with Crippen molar-refractivity contribution in [1.82, 2.24) is 10.2 Å². The molecule has 6 heteroatoms. The molecular formula is C14H24N2O3S. The molecule has 2 aliphatic rings. The van der Waals surface area contributed by atoms with E-state index >= 15 is 0 Å². The van der Waals surface area contributed by atoms with E-state index in [9.17, 15) is 9.59 Å². The number of hydrogen-bond donors (Lipinski definition) is 2. The predicted molar refractivity (Wildman–Crippen MR) is 79.4 cm³/mol. The van der Waals surface area contributed by atoms with E-state index in [1.807, 2.05) is 4.90 Å². The van der Waals surface area contributed by atoms with E-state index in [4.69, 9.17) is 5.11 Å². The van der Waals surface area contributed by atoms with Crippen molar-refractivity contribution in [3.05, 3.63) is 0 Å². The molecule has 0 aromatic carbocycles. The number of amides is 2. The van der Waals surface area contributed by atoms with Crippen molar-refractivity contribution in [3.63, 3.8) is 0 Å². The minimum atomic E-state index is -0.163. The third-order valence-corrected chi connectivity index (χ3v) is 4.82. The zero-order chi connectivity index (χ0) is 14.4. The van der Waals surface area contributed by atoms with Crippen LogP contribution < -0.4 is 5.32 Å². The molecule has 1 aliphatic carbocycles. The number of rotatable bonds is 9. The summed E-state index contributed by atoms with van der Waals surface area (Å²) < 4.78 is 0. The second-order valence-corrected chi connectivity index (χ2v) is 6.85. The van der Waals surface area contributed by atoms with E-state index in [-0.39, 0.29) is 24.3 Å². The van der Waals surface area contributed by atoms with Gasteiger partial charge in [-0.05, 0) is 30.9 Å². The first-order valence-electron chi connectivity index (χ1n) is 7.44. The van der Waals surface area contributed by atoms with Crippen molar-refractivity contribution in [2.24, 2.45) is 11.8 Å². The molecule has 0 spiro atoms. The van der Waals surface area contributed by atoms with Gasteiger partial charge in [-0.25, -0.2) is 0 Å². The molecule has 114 valence electrons. The number of carbonyl (C=O) groups excluding carboxylic acids is 2. The zero-order valence-electron chi connectivity index (χ0n) is 11.8. The summed E-state index contributed by atoms with van der Waals surface area (Å²) >= 11 is 1.73. The van der Waals surface area contributed by atoms with Crippen LogP contribution in [0.2, 0.25) is 0 Å². The molecule has 1 saturated heterocycles. The third-order valence-electron chi connectivity index (χ3n) is 3.75. The second-order valence-electron chi connectivity index (χ2n) is 5.62. The fourth-order valence-electron chi connectivity index (χ4n) is 2.40. The molecule has 1 atom stereocenters. The average Bonchev–Trinajstić information content (AvgIpc) is 3.17. The fourth-order valence-corrected chi connectivity index (χ4v) is 3.18. The molecule has 2 N–H and O–H groups in total. The molecule has 1 unspecified atom stereocenters. The molecule has 20 heavy (non-hydrogen) atoms. The molecule has 0 aromatic heterocycles. The Morgan fingerprint density at radius 3 is 2.90 bits per heavy atom. The van der Waals surface area contributed by atoms with Crippen molar-refractivity contribution < 1.29 is 14.7 Å². The van der Waals surface area contributed by atoms with Gasteiger partial charge in [0.25, 0.3) is 0 Å². The monoisotopic (exact) mass is 300 g/mol. The van der Waals surface area contributed by atoms with Crippen molar-refractivity contribution in [1.29, 1.82) is 0 Å². The maximum Gasteiger partial charge on any atom is 0.225 e. The Morgan fingerprint density at radius 1 is 1.40 bits per heavy atom. The van der Waals surface area contributed by atoms with Crippen molar-refractivity contribution >= 4 is 23.6 Å². The maximum absolute atomic E-state index is 12.0. The SMILES string of the molecule is O=C(NCCSCCCO)C1CC(=O)N(CC2CC2)C1. The van der Waals surface area contributed by atoms with Crippen LogP contribution in [0.25, 0.3) is 0 Å². The van der Waals surface area contributed by atoms with Gasteiger partial charge in [0.1, 0.15) is 0 Å². The summed E-state index contributed by atoms with van der Waals surface area (Å²) in [7, 11) is 0. The molecule has 1 heterocycles. The Bertz CT molecular complexity index is 347. The van der Waals surface area contributed by atoms with Crippen LogP contribution in [0.3, 0.4) is 0 Å². The Morgan fingerprint density at radius 2 is 2.20 bits per heavy atom. The number of thioether (sulfide) groups is 1. The van der Waals surface area contributed by atoms with Crippen molar-refractivity contribution in [2.75, 3.05) is 37.7 Å². The van der Waals surface area contributed by atoms with E-state index in [1.165, 1.54) is 12.8 Å². The van der Waals surface area contributed by atoms with Gasteiger partial charge in [0, 0.05) is 38.4 Å². The number of aliphatic hydroxyl groups is 1. The summed E-state index contributed by atoms with van der Waals surface area (Å²) in [5, 5.41) is 11.6. The first-order valence-corrected chi connectivity index (χ1v) is 8.60. The van der Waals surface area contributed by atoms with Gasteiger partial charge < -0.3 is 15.3 Å². The third kappa shape index (κ3) is 4.98. The molecule has 5 nitrogen and oxygen atoms in total. The van der Waals surface area contributed by atoms with Gasteiger partial charge in [0.2, 0.25) is 11.8 Å². The van der Waals surface area contributed by atoms with E-state index < -0.39 is 0 Å². The molecule has 0 bridgehead atoms. The van der Waals surface area contributed by atoms with Gasteiger partial charge in [-0.3, -0.25) is 9.59 Å². The van der Waals surface area contributed by atoms with Gasteiger partial charge in [0.15, 0.2) is 0 Å². The average molecular weight is 300 g/mol. The largest absolute Gasteiger partial charge is 0.396 e. The molecule has 0 aromatic rings. The molecule has 2 amide bonds. The Balaban J connectivity index is 1.59. The zero-order valence-corrected chi connectivity index (χ0v) is 12.7. The van der Waals surface area contributed by atoms with Gasteiger partial charge in [-0.15, -0.1) is 0 Å². The molecule has 0 radical (unpaired) electrons. The number of aliphatic hydroxyl groups excluding tert-OH is 1. The van der Waals surface area contributed by atoms with Crippen LogP contribution in [-0.4, -0.2) is 59.6 Å². The standard InChI is InChI=1S/C14H24N2O3S/c17-5-1-6-20-7-4-15-14(19)12-8-13(18)16(10-12)9-11-2-3-11/h11-12,17H,1-10H2,(H,15,19). The molecule has 1 aliphatic heterocycles. The Labute approximate surface area is 124 Å². The van der Waals surface area contributed by atoms with Gasteiger partial charge in [-0.1, -0.05) is 0 Å². The normalized spacial score (nSPS) is 22.4. The smallest absolute Gasteiger partial charge is 0.225 e. The highest BCUT2D eigenvalue weighted by molar-refractivity contribution is 7.99. The first kappa shape index (κ1) is 15.6. The van der Waals surface area contributed by atoms with Gasteiger partial charge >= 0.3 is 0 Å². The Hall–Kier alpha value is -0.750. The van der Waals surface area contributed by atoms with Crippen molar-refractivity contribution in [2.45, 2.75) is 25.7 Å². The van der Waals surface area contributed by atoms with Gasteiger partial charge in [-0.2, -0.15) is 11.8 Å². The number of likely N-dealkylation sites (tertiary alicyclic amines) is 1. The van der Waals surface area contributed by atoms with Crippen LogP contribution in [0, 0.1) is 11.8 Å². The summed E-state index contributed by atoms with van der Waals surface area (Å²) in [5.74, 6) is 2.45. The summed E-state index contributed by atoms with van der Waals surface area (Å²) in [6.07, 6.45) is 3.62. The second kappa shape index (κ2) is 7.88. The van der Waals surface area contributed by atoms with Crippen LogP contribution in [0.1, 0.15) is 25.7 Å². The van der Waals surface area contributed by atoms with Crippen LogP contribution in [0.15, 0.2) is 0 Å². The van der Waals surface area contributed by atoms with Crippen LogP contribution in [-0.2, 0) is 9.59 Å². The summed E-state index contributed by atoms with van der Waals surface area (Å²) in [5.41, 5.74) is 0. The minimum absolute atomic E-state index is 0.0133. The number of carbonyl (C=O) groups is 2. The Kier molecular flexibility index (Phi) is 6.16. The van der Waals surface area contributed by atoms with Crippen molar-refractivity contribution in [3.8, 4) is 0 Å². The molecule has 2 rings (SSSR count). The first-order chi connectivity index (χ1) is 9.70. The number of nitrogens with zero attached hydrogens (tertiary/aromatic N) is 1. The lowest BCUT2D eigenvalue weighted by Gasteiger charge is -2.15. The highest BCUT2D eigenvalue weighted by Crippen LogP contribution is 2.31. The van der Waals surface area contributed by atoms with E-state index in [2.05, 4.69) is 5.32 Å². The lowest BCUT2D eigenvalue weighted by molar-refractivity contribution is -0.129. The molecule has 2 fully saturated rings. The molecular weight excluding hydrogens is 276 g/mol.